The zero-order chi connectivity index (χ0) is 24.2. The molecule has 0 atom stereocenters. The van der Waals surface area contributed by atoms with Gasteiger partial charge in [0.05, 0.1) is 17.7 Å². The van der Waals surface area contributed by atoms with E-state index in [0.29, 0.717) is 23.5 Å². The normalized spacial score (nSPS) is 10.3. The van der Waals surface area contributed by atoms with Crippen molar-refractivity contribution in [1.29, 1.82) is 0 Å². The van der Waals surface area contributed by atoms with E-state index in [-0.39, 0.29) is 21.9 Å². The highest BCUT2D eigenvalue weighted by Crippen LogP contribution is 2.24. The smallest absolute Gasteiger partial charge is 0.195 e. The summed E-state index contributed by atoms with van der Waals surface area (Å²) in [5, 5.41) is 0.0540. The van der Waals surface area contributed by atoms with Gasteiger partial charge in [0, 0.05) is 22.6 Å². The summed E-state index contributed by atoms with van der Waals surface area (Å²) in [5.74, 6) is 5.85. The van der Waals surface area contributed by atoms with Crippen LogP contribution in [0.2, 0.25) is 0 Å². The van der Waals surface area contributed by atoms with Crippen molar-refractivity contribution >= 4 is 10.8 Å². The van der Waals surface area contributed by atoms with Crippen LogP contribution in [0.1, 0.15) is 29.2 Å². The first-order valence-electron chi connectivity index (χ1n) is 10.2. The van der Waals surface area contributed by atoms with Crippen molar-refractivity contribution < 1.29 is 26.7 Å². The number of halogens is 5. The molecule has 0 N–H and O–H groups in total. The molecule has 0 aliphatic rings. The first kappa shape index (κ1) is 22.9. The minimum Gasteiger partial charge on any atom is -0.494 e. The lowest BCUT2D eigenvalue weighted by molar-refractivity contribution is 0.338. The highest BCUT2D eigenvalue weighted by molar-refractivity contribution is 5.84. The number of hydrogen-bond donors (Lipinski definition) is 0. The Morgan fingerprint density at radius 1 is 0.618 bits per heavy atom. The molecule has 0 saturated heterocycles. The van der Waals surface area contributed by atoms with E-state index in [1.54, 1.807) is 19.1 Å². The third-order valence-corrected chi connectivity index (χ3v) is 4.88. The van der Waals surface area contributed by atoms with Gasteiger partial charge < -0.3 is 4.74 Å². The van der Waals surface area contributed by atoms with Gasteiger partial charge >= 0.3 is 0 Å². The third kappa shape index (κ3) is 4.87. The van der Waals surface area contributed by atoms with Gasteiger partial charge in [0.1, 0.15) is 17.4 Å². The molecule has 0 aliphatic heterocycles. The summed E-state index contributed by atoms with van der Waals surface area (Å²) in [5.41, 5.74) is 0.924. The van der Waals surface area contributed by atoms with Crippen LogP contribution in [-0.4, -0.2) is 6.61 Å². The van der Waals surface area contributed by atoms with E-state index < -0.39 is 29.1 Å². The van der Waals surface area contributed by atoms with E-state index in [1.807, 2.05) is 0 Å². The van der Waals surface area contributed by atoms with E-state index in [9.17, 15) is 22.0 Å². The van der Waals surface area contributed by atoms with E-state index in [4.69, 9.17) is 4.74 Å². The highest BCUT2D eigenvalue weighted by atomic mass is 19.2. The van der Waals surface area contributed by atoms with Crippen LogP contribution in [0.4, 0.5) is 22.0 Å². The van der Waals surface area contributed by atoms with Crippen molar-refractivity contribution in [2.45, 2.75) is 6.92 Å². The van der Waals surface area contributed by atoms with Crippen LogP contribution < -0.4 is 4.74 Å². The summed E-state index contributed by atoms with van der Waals surface area (Å²) < 4.78 is 74.5. The molecule has 0 radical (unpaired) electrons. The molecule has 34 heavy (non-hydrogen) atoms. The number of fused-ring (bicyclic) bond motifs is 1. The molecule has 4 aromatic rings. The average molecular weight is 462 g/mol. The SMILES string of the molecule is CCOc1ccc(C#Cc2ccc(C#Cc3ccc4c(F)c(F)c(F)cc4c3)c(F)c2)c(F)c1. The Labute approximate surface area is 192 Å². The molecular weight excluding hydrogens is 447 g/mol. The Kier molecular flexibility index (Phi) is 6.52. The Hall–Kier alpha value is -4.29. The number of hydrogen-bond acceptors (Lipinski definition) is 1. The molecule has 0 saturated carbocycles. The van der Waals surface area contributed by atoms with Crippen LogP contribution >= 0.6 is 0 Å². The van der Waals surface area contributed by atoms with Crippen molar-refractivity contribution in [3.8, 4) is 29.4 Å². The lowest BCUT2D eigenvalue weighted by Crippen LogP contribution is -1.93. The fraction of sp³-hybridized carbons (Fsp3) is 0.0714. The molecule has 6 heteroatoms. The third-order valence-electron chi connectivity index (χ3n) is 4.88. The average Bonchev–Trinajstić information content (AvgIpc) is 2.81. The summed E-state index contributed by atoms with van der Waals surface area (Å²) in [6.07, 6.45) is 0. The molecule has 0 fully saturated rings. The van der Waals surface area contributed by atoms with Crippen molar-refractivity contribution in [2.75, 3.05) is 6.61 Å². The summed E-state index contributed by atoms with van der Waals surface area (Å²) >= 11 is 0. The summed E-state index contributed by atoms with van der Waals surface area (Å²) in [7, 11) is 0. The Bertz CT molecular complexity index is 1530. The van der Waals surface area contributed by atoms with Crippen LogP contribution in [0, 0.1) is 52.8 Å². The molecule has 4 aromatic carbocycles. The van der Waals surface area contributed by atoms with Crippen LogP contribution in [0.15, 0.2) is 60.7 Å². The van der Waals surface area contributed by atoms with Gasteiger partial charge in [-0.2, -0.15) is 0 Å². The molecule has 0 unspecified atom stereocenters. The van der Waals surface area contributed by atoms with Crippen molar-refractivity contribution in [1.82, 2.24) is 0 Å². The van der Waals surface area contributed by atoms with E-state index in [1.165, 1.54) is 42.5 Å². The van der Waals surface area contributed by atoms with Crippen LogP contribution in [0.3, 0.4) is 0 Å². The quantitative estimate of drug-likeness (QED) is 0.182. The minimum absolute atomic E-state index is 0.0781. The molecule has 0 heterocycles. The Morgan fingerprint density at radius 2 is 1.24 bits per heavy atom. The second kappa shape index (κ2) is 9.68. The van der Waals surface area contributed by atoms with Gasteiger partial charge in [-0.1, -0.05) is 29.7 Å². The summed E-state index contributed by atoms with van der Waals surface area (Å²) in [4.78, 5) is 0. The molecule has 0 amide bonds. The number of ether oxygens (including phenoxy) is 1. The maximum atomic E-state index is 14.5. The second-order valence-corrected chi connectivity index (χ2v) is 7.19. The molecule has 0 bridgehead atoms. The summed E-state index contributed by atoms with van der Waals surface area (Å²) in [6, 6.07) is 13.4. The maximum absolute atomic E-state index is 14.5. The van der Waals surface area contributed by atoms with Crippen molar-refractivity contribution in [3.63, 3.8) is 0 Å². The van der Waals surface area contributed by atoms with E-state index in [2.05, 4.69) is 23.7 Å². The molecule has 0 spiro atoms. The second-order valence-electron chi connectivity index (χ2n) is 7.19. The van der Waals surface area contributed by atoms with Gasteiger partial charge in [0.25, 0.3) is 0 Å². The lowest BCUT2D eigenvalue weighted by atomic mass is 10.1. The predicted octanol–water partition coefficient (Wildman–Crippen LogP) is 6.73. The molecule has 0 aliphatic carbocycles. The van der Waals surface area contributed by atoms with Gasteiger partial charge in [-0.25, -0.2) is 22.0 Å². The maximum Gasteiger partial charge on any atom is 0.195 e. The van der Waals surface area contributed by atoms with E-state index in [0.717, 1.165) is 6.07 Å². The van der Waals surface area contributed by atoms with E-state index >= 15 is 0 Å². The largest absolute Gasteiger partial charge is 0.494 e. The zero-order valence-corrected chi connectivity index (χ0v) is 17.8. The van der Waals surface area contributed by atoms with Crippen molar-refractivity contribution in [2.24, 2.45) is 0 Å². The molecule has 0 aromatic heterocycles. The predicted molar refractivity (Wildman–Crippen MR) is 120 cm³/mol. The van der Waals surface area contributed by atoms with Gasteiger partial charge in [-0.15, -0.1) is 0 Å². The van der Waals surface area contributed by atoms with Gasteiger partial charge in [0.2, 0.25) is 0 Å². The number of benzene rings is 4. The molecule has 4 rings (SSSR count). The van der Waals surface area contributed by atoms with Crippen LogP contribution in [0.5, 0.6) is 5.75 Å². The van der Waals surface area contributed by atoms with Gasteiger partial charge in [0.15, 0.2) is 17.5 Å². The highest BCUT2D eigenvalue weighted by Gasteiger charge is 2.13. The van der Waals surface area contributed by atoms with Gasteiger partial charge in [-0.3, -0.25) is 0 Å². The lowest BCUT2D eigenvalue weighted by Gasteiger charge is -2.03. The molecular formula is C28H15F5O. The number of rotatable bonds is 2. The van der Waals surface area contributed by atoms with Crippen LogP contribution in [-0.2, 0) is 0 Å². The first-order valence-corrected chi connectivity index (χ1v) is 10.2. The van der Waals surface area contributed by atoms with Crippen molar-refractivity contribution in [3.05, 3.63) is 112 Å². The molecule has 168 valence electrons. The fourth-order valence-electron chi connectivity index (χ4n) is 3.21. The molecule has 1 nitrogen and oxygen atoms in total. The topological polar surface area (TPSA) is 9.23 Å². The van der Waals surface area contributed by atoms with Crippen LogP contribution in [0.25, 0.3) is 10.8 Å². The fourth-order valence-corrected chi connectivity index (χ4v) is 3.21. The first-order chi connectivity index (χ1) is 16.4. The Morgan fingerprint density at radius 3 is 1.88 bits per heavy atom. The Balaban J connectivity index is 1.57. The van der Waals surface area contributed by atoms with Gasteiger partial charge in [-0.05, 0) is 60.8 Å². The standard InChI is InChI=1S/C28H15F5O/c1-2-34-22-11-10-20(25(30)16-22)9-5-18-4-8-19(24(29)14-18)7-3-17-6-12-23-21(13-17)15-26(31)28(33)27(23)32/h4,6,8,10-16H,2H2,1H3. The zero-order valence-electron chi connectivity index (χ0n) is 17.8. The minimum atomic E-state index is -1.54. The summed E-state index contributed by atoms with van der Waals surface area (Å²) in [6.45, 7) is 2.21. The monoisotopic (exact) mass is 462 g/mol.